The summed E-state index contributed by atoms with van der Waals surface area (Å²) in [4.78, 5) is 18.3. The van der Waals surface area contributed by atoms with Crippen LogP contribution in [0.5, 0.6) is 0 Å². The number of Topliss-reactive ketones (excluding diaryl/α,β-unsaturated/α-hetero) is 1. The molecule has 0 fully saturated rings. The van der Waals surface area contributed by atoms with Crippen LogP contribution in [0.4, 0.5) is 30.4 Å². The lowest BCUT2D eigenvalue weighted by molar-refractivity contribution is -0.161. The fraction of sp³-hybridized carbons (Fsp3) is 0.143. The van der Waals surface area contributed by atoms with Crippen LogP contribution in [0.15, 0.2) is 71.3 Å². The first-order valence-corrected chi connectivity index (χ1v) is 9.50. The Morgan fingerprint density at radius 3 is 2.41 bits per heavy atom. The van der Waals surface area contributed by atoms with Crippen LogP contribution in [0.25, 0.3) is 0 Å². The Hall–Kier alpha value is -2.87. The number of aromatic nitrogens is 1. The average molecular weight is 462 g/mol. The van der Waals surface area contributed by atoms with Crippen LogP contribution < -0.4 is 10.2 Å². The number of nitrogens with one attached hydrogen (secondary N) is 1. The van der Waals surface area contributed by atoms with Gasteiger partial charge in [-0.15, -0.1) is 0 Å². The van der Waals surface area contributed by atoms with E-state index in [9.17, 15) is 18.0 Å². The number of pyridine rings is 1. The minimum absolute atomic E-state index is 0.0160. The van der Waals surface area contributed by atoms with Crippen LogP contribution >= 0.6 is 15.9 Å². The number of carbonyl (C=O) groups is 1. The van der Waals surface area contributed by atoms with Gasteiger partial charge in [-0.2, -0.15) is 13.2 Å². The third kappa shape index (κ3) is 3.07. The molecule has 0 saturated heterocycles. The van der Waals surface area contributed by atoms with Crippen molar-refractivity contribution in [2.75, 3.05) is 10.2 Å². The molecule has 3 aromatic rings. The van der Waals surface area contributed by atoms with Crippen LogP contribution in [-0.2, 0) is 0 Å². The molecule has 0 aliphatic carbocycles. The monoisotopic (exact) mass is 461 g/mol. The van der Waals surface area contributed by atoms with Gasteiger partial charge in [0.25, 0.3) is 5.66 Å². The molecular formula is C21H15BrF3N3O. The molecule has 2 aromatic carbocycles. The zero-order valence-corrected chi connectivity index (χ0v) is 16.8. The second-order valence-corrected chi connectivity index (χ2v) is 7.63. The molecule has 29 heavy (non-hydrogen) atoms. The Balaban J connectivity index is 1.98. The summed E-state index contributed by atoms with van der Waals surface area (Å²) in [5, 5.41) is 2.48. The fourth-order valence-corrected chi connectivity index (χ4v) is 3.72. The highest BCUT2D eigenvalue weighted by Crippen LogP contribution is 2.51. The molecule has 0 amide bonds. The standard InChI is InChI=1S/C21H15BrF3N3O/c1-13-10-11-26-18(12-13)28-17-5-3-2-4-16(17)19(29)20(28,21(23,24)25)27-15-8-6-14(22)7-9-15/h2-12,27H,1H3. The lowest BCUT2D eigenvalue weighted by atomic mass is 10.0. The minimum atomic E-state index is -4.94. The van der Waals surface area contributed by atoms with Gasteiger partial charge in [-0.05, 0) is 61.0 Å². The number of fused-ring (bicyclic) bond motifs is 1. The summed E-state index contributed by atoms with van der Waals surface area (Å²) >= 11 is 3.27. The molecule has 1 unspecified atom stereocenters. The van der Waals surface area contributed by atoms with Gasteiger partial charge >= 0.3 is 6.18 Å². The predicted molar refractivity (Wildman–Crippen MR) is 108 cm³/mol. The first-order valence-electron chi connectivity index (χ1n) is 8.71. The van der Waals surface area contributed by atoms with Crippen molar-refractivity contribution >= 4 is 38.9 Å². The second-order valence-electron chi connectivity index (χ2n) is 6.71. The minimum Gasteiger partial charge on any atom is -0.348 e. The van der Waals surface area contributed by atoms with Crippen molar-refractivity contribution in [3.8, 4) is 0 Å². The first-order chi connectivity index (χ1) is 13.7. The van der Waals surface area contributed by atoms with Gasteiger partial charge in [-0.25, -0.2) is 4.98 Å². The maximum atomic E-state index is 14.7. The topological polar surface area (TPSA) is 45.2 Å². The van der Waals surface area contributed by atoms with E-state index in [0.29, 0.717) is 4.47 Å². The van der Waals surface area contributed by atoms with Crippen LogP contribution in [0.1, 0.15) is 15.9 Å². The second kappa shape index (κ2) is 6.88. The van der Waals surface area contributed by atoms with Crippen LogP contribution in [0, 0.1) is 6.92 Å². The average Bonchev–Trinajstić information content (AvgIpc) is 2.93. The van der Waals surface area contributed by atoms with Crippen LogP contribution in [0.2, 0.25) is 0 Å². The molecule has 1 aliphatic heterocycles. The third-order valence-electron chi connectivity index (χ3n) is 4.76. The summed E-state index contributed by atoms with van der Waals surface area (Å²) in [5.41, 5.74) is -2.00. The molecule has 0 saturated carbocycles. The van der Waals surface area contributed by atoms with Gasteiger partial charge in [0.2, 0.25) is 5.78 Å². The number of rotatable bonds is 3. The quantitative estimate of drug-likeness (QED) is 0.530. The third-order valence-corrected chi connectivity index (χ3v) is 5.29. The van der Waals surface area contributed by atoms with E-state index >= 15 is 0 Å². The number of hydrogen-bond acceptors (Lipinski definition) is 4. The Morgan fingerprint density at radius 1 is 1.07 bits per heavy atom. The van der Waals surface area contributed by atoms with E-state index in [-0.39, 0.29) is 22.8 Å². The molecule has 4 rings (SSSR count). The number of aryl methyl sites for hydroxylation is 1. The van der Waals surface area contributed by atoms with E-state index in [4.69, 9.17) is 0 Å². The molecule has 2 heterocycles. The van der Waals surface area contributed by atoms with Gasteiger partial charge in [0.15, 0.2) is 0 Å². The Bertz CT molecular complexity index is 1090. The van der Waals surface area contributed by atoms with Gasteiger partial charge in [0.05, 0.1) is 5.69 Å². The number of nitrogens with zero attached hydrogens (tertiary/aromatic N) is 2. The number of halogens is 4. The number of ketones is 1. The number of carbonyl (C=O) groups excluding carboxylic acids is 1. The highest BCUT2D eigenvalue weighted by atomic mass is 79.9. The zero-order chi connectivity index (χ0) is 20.8. The molecule has 0 spiro atoms. The van der Waals surface area contributed by atoms with E-state index in [0.717, 1.165) is 10.5 Å². The van der Waals surface area contributed by atoms with Gasteiger partial charge < -0.3 is 5.32 Å². The van der Waals surface area contributed by atoms with Crippen molar-refractivity contribution in [2.24, 2.45) is 0 Å². The Kier molecular flexibility index (Phi) is 4.61. The van der Waals surface area contributed by atoms with E-state index < -0.39 is 17.6 Å². The van der Waals surface area contributed by atoms with Gasteiger partial charge in [0, 0.05) is 21.9 Å². The summed E-state index contributed by atoms with van der Waals surface area (Å²) in [6.45, 7) is 1.76. The molecule has 1 aromatic heterocycles. The molecule has 8 heteroatoms. The van der Waals surface area contributed by atoms with Crippen molar-refractivity contribution in [2.45, 2.75) is 18.8 Å². The lowest BCUT2D eigenvalue weighted by Crippen LogP contribution is -2.65. The molecule has 1 aliphatic rings. The number of hydrogen-bond donors (Lipinski definition) is 1. The maximum Gasteiger partial charge on any atom is 0.438 e. The highest BCUT2D eigenvalue weighted by Gasteiger charge is 2.69. The summed E-state index contributed by atoms with van der Waals surface area (Å²) in [6.07, 6.45) is -3.52. The van der Waals surface area contributed by atoms with Crippen molar-refractivity contribution in [1.29, 1.82) is 0 Å². The molecule has 148 valence electrons. The van der Waals surface area contributed by atoms with Crippen molar-refractivity contribution < 1.29 is 18.0 Å². The first kappa shape index (κ1) is 19.4. The molecular weight excluding hydrogens is 447 g/mol. The van der Waals surface area contributed by atoms with Crippen molar-refractivity contribution in [3.05, 3.63) is 82.5 Å². The fourth-order valence-electron chi connectivity index (χ4n) is 3.46. The van der Waals surface area contributed by atoms with Gasteiger partial charge in [-0.3, -0.25) is 9.69 Å². The van der Waals surface area contributed by atoms with Gasteiger partial charge in [0.1, 0.15) is 5.82 Å². The Labute approximate surface area is 173 Å². The van der Waals surface area contributed by atoms with Crippen molar-refractivity contribution in [3.63, 3.8) is 0 Å². The molecule has 1 N–H and O–H groups in total. The van der Waals surface area contributed by atoms with E-state index in [1.807, 2.05) is 0 Å². The van der Waals surface area contributed by atoms with Crippen LogP contribution in [0.3, 0.4) is 0 Å². The summed E-state index contributed by atoms with van der Waals surface area (Å²) in [5.74, 6) is -1.04. The summed E-state index contributed by atoms with van der Waals surface area (Å²) in [6, 6.07) is 15.4. The normalized spacial score (nSPS) is 18.7. The molecule has 0 radical (unpaired) electrons. The number of para-hydroxylation sites is 1. The largest absolute Gasteiger partial charge is 0.438 e. The maximum absolute atomic E-state index is 14.7. The van der Waals surface area contributed by atoms with E-state index in [2.05, 4.69) is 26.2 Å². The number of anilines is 3. The van der Waals surface area contributed by atoms with Crippen molar-refractivity contribution in [1.82, 2.24) is 4.98 Å². The van der Waals surface area contributed by atoms with Crippen LogP contribution in [-0.4, -0.2) is 22.6 Å². The molecule has 1 atom stereocenters. The predicted octanol–water partition coefficient (Wildman–Crippen LogP) is 5.86. The smallest absolute Gasteiger partial charge is 0.348 e. The number of benzene rings is 2. The molecule has 4 nitrogen and oxygen atoms in total. The van der Waals surface area contributed by atoms with Gasteiger partial charge in [-0.1, -0.05) is 28.1 Å². The van der Waals surface area contributed by atoms with E-state index in [1.54, 1.807) is 37.3 Å². The highest BCUT2D eigenvalue weighted by molar-refractivity contribution is 9.10. The number of alkyl halides is 3. The molecule has 0 bridgehead atoms. The van der Waals surface area contributed by atoms with E-state index in [1.165, 1.54) is 36.5 Å². The SMILES string of the molecule is Cc1ccnc(N2c3ccccc3C(=O)C2(Nc2ccc(Br)cc2)C(F)(F)F)c1. The lowest BCUT2D eigenvalue weighted by Gasteiger charge is -2.40. The summed E-state index contributed by atoms with van der Waals surface area (Å²) in [7, 11) is 0. The zero-order valence-electron chi connectivity index (χ0n) is 15.2. The summed E-state index contributed by atoms with van der Waals surface area (Å²) < 4.78 is 44.7. The Morgan fingerprint density at radius 2 is 1.76 bits per heavy atom.